The van der Waals surface area contributed by atoms with Crippen LogP contribution in [0.3, 0.4) is 0 Å². The van der Waals surface area contributed by atoms with Crippen LogP contribution in [0.4, 0.5) is 22.0 Å². The van der Waals surface area contributed by atoms with Crippen molar-refractivity contribution in [3.63, 3.8) is 0 Å². The van der Waals surface area contributed by atoms with E-state index in [1.54, 1.807) is 6.92 Å². The molecule has 1 radical (unpaired) electrons. The summed E-state index contributed by atoms with van der Waals surface area (Å²) < 4.78 is 76.0. The minimum absolute atomic E-state index is 0. The van der Waals surface area contributed by atoms with E-state index in [9.17, 15) is 22.0 Å². The first-order chi connectivity index (χ1) is 15.1. The summed E-state index contributed by atoms with van der Waals surface area (Å²) >= 11 is 0. The fourth-order valence-electron chi connectivity index (χ4n) is 5.37. The zero-order chi connectivity index (χ0) is 23.5. The Morgan fingerprint density at radius 3 is 2.12 bits per heavy atom. The molecule has 2 aliphatic carbocycles. The summed E-state index contributed by atoms with van der Waals surface area (Å²) in [4.78, 5) is 0. The van der Waals surface area contributed by atoms with E-state index in [1.807, 2.05) is 0 Å². The van der Waals surface area contributed by atoms with Crippen LogP contribution in [-0.2, 0) is 0 Å². The molecule has 0 N–H and O–H groups in total. The van der Waals surface area contributed by atoms with Gasteiger partial charge in [0.2, 0.25) is 5.82 Å². The van der Waals surface area contributed by atoms with Gasteiger partial charge in [0.15, 0.2) is 11.6 Å². The van der Waals surface area contributed by atoms with Gasteiger partial charge < -0.3 is 11.2 Å². The Morgan fingerprint density at radius 2 is 1.58 bits per heavy atom. The van der Waals surface area contributed by atoms with Crippen LogP contribution in [0.15, 0.2) is 11.6 Å². The van der Waals surface area contributed by atoms with Crippen LogP contribution < -0.4 is 4.74 Å². The molecule has 0 bridgehead atoms. The first-order valence-corrected chi connectivity index (χ1v) is 11.8. The van der Waals surface area contributed by atoms with Crippen molar-refractivity contribution in [1.29, 1.82) is 0 Å². The average Bonchev–Trinajstić information content (AvgIpc) is 2.77. The third-order valence-corrected chi connectivity index (χ3v) is 7.38. The van der Waals surface area contributed by atoms with E-state index < -0.39 is 28.9 Å². The van der Waals surface area contributed by atoms with Crippen molar-refractivity contribution in [2.75, 3.05) is 6.61 Å². The van der Waals surface area contributed by atoms with Crippen molar-refractivity contribution in [3.8, 4) is 5.75 Å². The maximum absolute atomic E-state index is 14.8. The van der Waals surface area contributed by atoms with Crippen LogP contribution in [0.2, 0.25) is 0 Å². The van der Waals surface area contributed by atoms with Gasteiger partial charge >= 0.3 is 6.18 Å². The van der Waals surface area contributed by atoms with Crippen LogP contribution in [0.25, 0.3) is 5.57 Å². The molecular formula is C26H34F5OPr-. The SMILES string of the molecule is CC/C(C)=C(\c1c(C)cc(OCC2CCC(C3CC[CH-]CC3)CC2)c(F)c1F)C(F)(F)F.[Pr]. The zero-order valence-corrected chi connectivity index (χ0v) is 23.5. The summed E-state index contributed by atoms with van der Waals surface area (Å²) in [5, 5.41) is 0. The first-order valence-electron chi connectivity index (χ1n) is 11.8. The van der Waals surface area contributed by atoms with Crippen LogP contribution in [0.5, 0.6) is 5.75 Å². The minimum Gasteiger partial charge on any atom is -0.490 e. The van der Waals surface area contributed by atoms with Gasteiger partial charge in [0.05, 0.1) is 12.2 Å². The van der Waals surface area contributed by atoms with Crippen molar-refractivity contribution in [1.82, 2.24) is 0 Å². The van der Waals surface area contributed by atoms with E-state index in [0.717, 1.165) is 37.5 Å². The third-order valence-electron chi connectivity index (χ3n) is 7.38. The van der Waals surface area contributed by atoms with Crippen LogP contribution >= 0.6 is 0 Å². The van der Waals surface area contributed by atoms with Crippen molar-refractivity contribution in [2.45, 2.75) is 84.7 Å². The summed E-state index contributed by atoms with van der Waals surface area (Å²) in [5.41, 5.74) is -1.82. The summed E-state index contributed by atoms with van der Waals surface area (Å²) in [5.74, 6) is -1.33. The Labute approximate surface area is 227 Å². The van der Waals surface area contributed by atoms with Crippen LogP contribution in [-0.4, -0.2) is 12.8 Å². The molecule has 0 heterocycles. The number of ether oxygens (including phenoxy) is 1. The molecule has 2 saturated carbocycles. The fourth-order valence-corrected chi connectivity index (χ4v) is 5.37. The molecule has 1 nitrogen and oxygen atoms in total. The number of rotatable bonds is 6. The van der Waals surface area contributed by atoms with Gasteiger partial charge in [0.25, 0.3) is 0 Å². The number of benzene rings is 1. The number of allylic oxidation sites excluding steroid dienone is 2. The minimum atomic E-state index is -4.77. The summed E-state index contributed by atoms with van der Waals surface area (Å²) in [6.07, 6.45) is 6.88. The second kappa shape index (κ2) is 12.6. The Balaban J connectivity index is 0.00000385. The number of alkyl halides is 3. The van der Waals surface area contributed by atoms with E-state index in [4.69, 9.17) is 4.74 Å². The molecule has 0 aromatic heterocycles. The van der Waals surface area contributed by atoms with Crippen LogP contribution in [0, 0.1) is 84.0 Å². The predicted octanol–water partition coefficient (Wildman–Crippen LogP) is 8.60. The second-order valence-corrected chi connectivity index (χ2v) is 9.50. The Hall–Kier alpha value is -0.226. The second-order valence-electron chi connectivity index (χ2n) is 9.50. The van der Waals surface area contributed by atoms with Gasteiger partial charge in [0, 0.05) is 46.9 Å². The standard InChI is InChI=1S/C26H34F5O.Pr/c1-4-16(2)23(26(29,30)31)22-17(3)14-21(24(27)25(22)28)32-15-18-10-12-20(13-11-18)19-8-6-5-7-9-19;/h5,14,18-20H,4,6-13,15H2,1-3H3;/q-1;/b23-16+;. The average molecular weight is 598 g/mol. The van der Waals surface area contributed by atoms with Gasteiger partial charge in [-0.25, -0.2) is 4.39 Å². The molecule has 0 aliphatic heterocycles. The van der Waals surface area contributed by atoms with E-state index in [1.165, 1.54) is 45.6 Å². The Bertz CT molecular complexity index is 819. The molecule has 0 spiro atoms. The van der Waals surface area contributed by atoms with Gasteiger partial charge in [-0.3, -0.25) is 0 Å². The number of hydrogen-bond donors (Lipinski definition) is 0. The molecule has 183 valence electrons. The van der Waals surface area contributed by atoms with Crippen molar-refractivity contribution >= 4 is 5.57 Å². The first kappa shape index (κ1) is 29.0. The van der Waals surface area contributed by atoms with Gasteiger partial charge in [-0.2, -0.15) is 30.4 Å². The Kier molecular flexibility index (Phi) is 11.1. The molecule has 0 atom stereocenters. The van der Waals surface area contributed by atoms with Gasteiger partial charge in [-0.1, -0.05) is 25.3 Å². The normalized spacial score (nSPS) is 23.0. The summed E-state index contributed by atoms with van der Waals surface area (Å²) in [6, 6.07) is 1.20. The van der Waals surface area contributed by atoms with E-state index in [-0.39, 0.29) is 77.1 Å². The number of aryl methyl sites for hydroxylation is 1. The molecule has 2 fully saturated rings. The molecule has 33 heavy (non-hydrogen) atoms. The largest absolute Gasteiger partial charge is 0.490 e. The zero-order valence-electron chi connectivity index (χ0n) is 19.8. The predicted molar refractivity (Wildman–Crippen MR) is 117 cm³/mol. The van der Waals surface area contributed by atoms with Gasteiger partial charge in [-0.15, -0.1) is 0 Å². The molecule has 1 aromatic carbocycles. The molecule has 3 rings (SSSR count). The van der Waals surface area contributed by atoms with E-state index in [0.29, 0.717) is 0 Å². The van der Waals surface area contributed by atoms with Crippen molar-refractivity contribution < 1.29 is 68.0 Å². The quantitative estimate of drug-likeness (QED) is 0.236. The summed E-state index contributed by atoms with van der Waals surface area (Å²) in [7, 11) is 0. The molecule has 2 aliphatic rings. The smallest absolute Gasteiger partial charge is 0.417 e. The van der Waals surface area contributed by atoms with Crippen molar-refractivity contribution in [3.05, 3.63) is 40.8 Å². The molecule has 1 aromatic rings. The number of halogens is 5. The monoisotopic (exact) mass is 598 g/mol. The third kappa shape index (κ3) is 7.15. The maximum Gasteiger partial charge on any atom is 0.417 e. The van der Waals surface area contributed by atoms with E-state index in [2.05, 4.69) is 6.42 Å². The number of hydrogen-bond acceptors (Lipinski definition) is 1. The van der Waals surface area contributed by atoms with Crippen LogP contribution in [0.1, 0.15) is 82.8 Å². The Morgan fingerprint density at radius 1 is 1.00 bits per heavy atom. The topological polar surface area (TPSA) is 9.23 Å². The molecule has 0 saturated heterocycles. The molecule has 0 unspecified atom stereocenters. The maximum atomic E-state index is 14.8. The van der Waals surface area contributed by atoms with Gasteiger partial charge in [0.1, 0.15) is 0 Å². The fraction of sp³-hybridized carbons (Fsp3) is 0.654. The molecule has 7 heteroatoms. The molecule has 0 amide bonds. The van der Waals surface area contributed by atoms with E-state index >= 15 is 0 Å². The van der Waals surface area contributed by atoms with Crippen molar-refractivity contribution in [2.24, 2.45) is 17.8 Å². The van der Waals surface area contributed by atoms with Gasteiger partial charge in [-0.05, 0) is 75.3 Å². The molecular weight excluding hydrogens is 564 g/mol. The summed E-state index contributed by atoms with van der Waals surface area (Å²) in [6.45, 7) is 4.48.